The average molecular weight is 442 g/mol. The van der Waals surface area contributed by atoms with Crippen molar-refractivity contribution in [2.75, 3.05) is 18.9 Å². The molecule has 0 fully saturated rings. The lowest BCUT2D eigenvalue weighted by atomic mass is 10.2. The van der Waals surface area contributed by atoms with E-state index in [-0.39, 0.29) is 29.4 Å². The van der Waals surface area contributed by atoms with Crippen LogP contribution in [0.3, 0.4) is 0 Å². The summed E-state index contributed by atoms with van der Waals surface area (Å²) in [5.41, 5.74) is 0.960. The molecule has 2 amide bonds. The van der Waals surface area contributed by atoms with Gasteiger partial charge in [0.15, 0.2) is 5.82 Å². The van der Waals surface area contributed by atoms with Crippen LogP contribution in [0.2, 0.25) is 0 Å². The van der Waals surface area contributed by atoms with E-state index in [0.717, 1.165) is 5.56 Å². The Morgan fingerprint density at radius 3 is 2.48 bits per heavy atom. The maximum absolute atomic E-state index is 12.7. The van der Waals surface area contributed by atoms with E-state index in [1.165, 1.54) is 36.2 Å². The summed E-state index contributed by atoms with van der Waals surface area (Å²) in [6.45, 7) is 1.57. The normalized spacial score (nSPS) is 11.2. The minimum Gasteiger partial charge on any atom is -0.360 e. The number of hydrogen-bond donors (Lipinski definition) is 2. The maximum atomic E-state index is 12.7. The fourth-order valence-corrected chi connectivity index (χ4v) is 3.83. The fraction of sp³-hybridized carbons (Fsp3) is 0.190. The van der Waals surface area contributed by atoms with Gasteiger partial charge in [0.1, 0.15) is 5.76 Å². The molecule has 3 rings (SSSR count). The predicted molar refractivity (Wildman–Crippen MR) is 114 cm³/mol. The molecule has 9 nitrogen and oxygen atoms in total. The van der Waals surface area contributed by atoms with Crippen LogP contribution in [0.15, 0.2) is 70.1 Å². The van der Waals surface area contributed by atoms with Gasteiger partial charge < -0.3 is 14.7 Å². The Kier molecular flexibility index (Phi) is 6.83. The minimum atomic E-state index is -3.82. The Hall–Kier alpha value is -3.50. The number of aromatic nitrogens is 1. The summed E-state index contributed by atoms with van der Waals surface area (Å²) in [6, 6.07) is 16.3. The van der Waals surface area contributed by atoms with Gasteiger partial charge in [0.2, 0.25) is 15.9 Å². The van der Waals surface area contributed by atoms with E-state index < -0.39 is 21.8 Å². The highest BCUT2D eigenvalue weighted by molar-refractivity contribution is 7.89. The van der Waals surface area contributed by atoms with Crippen molar-refractivity contribution in [3.05, 3.63) is 77.6 Å². The van der Waals surface area contributed by atoms with Crippen molar-refractivity contribution in [1.82, 2.24) is 14.8 Å². The molecule has 0 bridgehead atoms. The lowest BCUT2D eigenvalue weighted by Gasteiger charge is -2.17. The molecule has 2 N–H and O–H groups in total. The summed E-state index contributed by atoms with van der Waals surface area (Å²) in [6.07, 6.45) is 0. The molecule has 0 saturated heterocycles. The van der Waals surface area contributed by atoms with Crippen molar-refractivity contribution in [1.29, 1.82) is 0 Å². The van der Waals surface area contributed by atoms with Gasteiger partial charge >= 0.3 is 0 Å². The van der Waals surface area contributed by atoms with Gasteiger partial charge in [0.25, 0.3) is 5.91 Å². The summed E-state index contributed by atoms with van der Waals surface area (Å²) in [5, 5.41) is 6.18. The van der Waals surface area contributed by atoms with E-state index in [0.29, 0.717) is 5.76 Å². The fourth-order valence-electron chi connectivity index (χ4n) is 2.77. The minimum absolute atomic E-state index is 0.0368. The number of rotatable bonds is 8. The average Bonchev–Trinajstić information content (AvgIpc) is 3.16. The van der Waals surface area contributed by atoms with Crippen LogP contribution < -0.4 is 10.0 Å². The maximum Gasteiger partial charge on any atom is 0.254 e. The van der Waals surface area contributed by atoms with Crippen molar-refractivity contribution in [3.63, 3.8) is 0 Å². The van der Waals surface area contributed by atoms with E-state index in [4.69, 9.17) is 4.52 Å². The van der Waals surface area contributed by atoms with Crippen LogP contribution in [0.1, 0.15) is 21.7 Å². The molecule has 10 heteroatoms. The van der Waals surface area contributed by atoms with E-state index in [1.54, 1.807) is 13.0 Å². The number of nitrogens with zero attached hydrogens (tertiary/aromatic N) is 2. The predicted octanol–water partition coefficient (Wildman–Crippen LogP) is 2.17. The van der Waals surface area contributed by atoms with E-state index in [2.05, 4.69) is 15.2 Å². The number of nitrogens with one attached hydrogen (secondary N) is 2. The first kappa shape index (κ1) is 22.2. The van der Waals surface area contributed by atoms with Gasteiger partial charge in [-0.2, -0.15) is 0 Å². The zero-order chi connectivity index (χ0) is 22.4. The third-order valence-corrected chi connectivity index (χ3v) is 5.72. The monoisotopic (exact) mass is 442 g/mol. The molecule has 0 spiro atoms. The molecule has 3 aromatic rings. The number of likely N-dealkylation sites (N-methyl/N-ethyl adjacent to an activating group) is 1. The van der Waals surface area contributed by atoms with Crippen LogP contribution in [0.25, 0.3) is 0 Å². The van der Waals surface area contributed by atoms with Crippen molar-refractivity contribution < 1.29 is 22.5 Å². The summed E-state index contributed by atoms with van der Waals surface area (Å²) < 4.78 is 32.6. The largest absolute Gasteiger partial charge is 0.360 e. The Balaban J connectivity index is 1.65. The first-order chi connectivity index (χ1) is 14.7. The number of anilines is 1. The number of carbonyl (C=O) groups excluding carboxylic acids is 2. The third kappa shape index (κ3) is 6.00. The van der Waals surface area contributed by atoms with Gasteiger partial charge in [-0.15, -0.1) is 0 Å². The number of benzene rings is 2. The highest BCUT2D eigenvalue weighted by Gasteiger charge is 2.19. The molecule has 1 heterocycles. The van der Waals surface area contributed by atoms with Crippen LogP contribution in [-0.4, -0.2) is 43.9 Å². The Bertz CT molecular complexity index is 1180. The van der Waals surface area contributed by atoms with Crippen LogP contribution in [-0.2, 0) is 21.4 Å². The molecule has 0 aliphatic heterocycles. The van der Waals surface area contributed by atoms with Crippen molar-refractivity contribution in [3.8, 4) is 0 Å². The number of sulfonamides is 1. The SMILES string of the molecule is Cc1cc(NC(=O)CN(C)C(=O)c2cccc(S(=O)(=O)NCc3ccccc3)c2)no1. The second-order valence-corrected chi connectivity index (χ2v) is 8.64. The zero-order valence-corrected chi connectivity index (χ0v) is 17.8. The number of aryl methyl sites for hydroxylation is 1. The summed E-state index contributed by atoms with van der Waals surface area (Å²) in [5.74, 6) is -0.163. The van der Waals surface area contributed by atoms with Gasteiger partial charge in [-0.1, -0.05) is 41.6 Å². The van der Waals surface area contributed by atoms with Gasteiger partial charge in [0.05, 0.1) is 11.4 Å². The van der Waals surface area contributed by atoms with Crippen molar-refractivity contribution >= 4 is 27.7 Å². The van der Waals surface area contributed by atoms with Crippen molar-refractivity contribution in [2.45, 2.75) is 18.4 Å². The lowest BCUT2D eigenvalue weighted by Crippen LogP contribution is -2.35. The first-order valence-electron chi connectivity index (χ1n) is 9.37. The quantitative estimate of drug-likeness (QED) is 0.551. The topological polar surface area (TPSA) is 122 Å². The highest BCUT2D eigenvalue weighted by atomic mass is 32.2. The molecule has 31 heavy (non-hydrogen) atoms. The van der Waals surface area contributed by atoms with E-state index in [9.17, 15) is 18.0 Å². The second-order valence-electron chi connectivity index (χ2n) is 6.87. The van der Waals surface area contributed by atoms with Crippen molar-refractivity contribution in [2.24, 2.45) is 0 Å². The van der Waals surface area contributed by atoms with Crippen LogP contribution in [0, 0.1) is 6.92 Å². The van der Waals surface area contributed by atoms with Crippen LogP contribution in [0.4, 0.5) is 5.82 Å². The summed E-state index contributed by atoms with van der Waals surface area (Å²) in [4.78, 5) is 26.0. The van der Waals surface area contributed by atoms with Crippen LogP contribution >= 0.6 is 0 Å². The Morgan fingerprint density at radius 1 is 1.06 bits per heavy atom. The Labute approximate surface area is 180 Å². The van der Waals surface area contributed by atoms with Gasteiger partial charge in [-0.25, -0.2) is 13.1 Å². The molecular formula is C21H22N4O5S. The zero-order valence-electron chi connectivity index (χ0n) is 17.0. The summed E-state index contributed by atoms with van der Waals surface area (Å²) in [7, 11) is -2.37. The smallest absolute Gasteiger partial charge is 0.254 e. The number of hydrogen-bond acceptors (Lipinski definition) is 6. The molecule has 1 aromatic heterocycles. The standard InChI is InChI=1S/C21H22N4O5S/c1-15-11-19(24-30-15)23-20(26)14-25(2)21(27)17-9-6-10-18(12-17)31(28,29)22-13-16-7-4-3-5-8-16/h3-12,22H,13-14H2,1-2H3,(H,23,24,26). The molecule has 0 atom stereocenters. The molecule has 0 unspecified atom stereocenters. The summed E-state index contributed by atoms with van der Waals surface area (Å²) >= 11 is 0. The lowest BCUT2D eigenvalue weighted by molar-refractivity contribution is -0.116. The first-order valence-corrected chi connectivity index (χ1v) is 10.9. The molecule has 0 radical (unpaired) electrons. The second kappa shape index (κ2) is 9.54. The van der Waals surface area contributed by atoms with E-state index in [1.807, 2.05) is 30.3 Å². The number of carbonyl (C=O) groups is 2. The van der Waals surface area contributed by atoms with Gasteiger partial charge in [-0.3, -0.25) is 9.59 Å². The molecular weight excluding hydrogens is 420 g/mol. The van der Waals surface area contributed by atoms with Gasteiger partial charge in [-0.05, 0) is 30.7 Å². The number of amides is 2. The molecule has 2 aromatic carbocycles. The molecule has 162 valence electrons. The third-order valence-electron chi connectivity index (χ3n) is 4.32. The highest BCUT2D eigenvalue weighted by Crippen LogP contribution is 2.14. The van der Waals surface area contributed by atoms with E-state index >= 15 is 0 Å². The van der Waals surface area contributed by atoms with Crippen LogP contribution in [0.5, 0.6) is 0 Å². The Morgan fingerprint density at radius 2 is 1.81 bits per heavy atom. The molecule has 0 aliphatic carbocycles. The molecule has 0 aliphatic rings. The van der Waals surface area contributed by atoms with Gasteiger partial charge in [0, 0.05) is 25.2 Å². The molecule has 0 saturated carbocycles.